The maximum absolute atomic E-state index is 11.2. The SMILES string of the molecule is COC[C@H](N)C(=O)OC(=O)OCc1ccccc1. The van der Waals surface area contributed by atoms with Gasteiger partial charge in [-0.15, -0.1) is 0 Å². The summed E-state index contributed by atoms with van der Waals surface area (Å²) in [6, 6.07) is 8.03. The number of methoxy groups -OCH3 is 1. The molecule has 0 aromatic heterocycles. The summed E-state index contributed by atoms with van der Waals surface area (Å²) >= 11 is 0. The topological polar surface area (TPSA) is 87.9 Å². The molecule has 18 heavy (non-hydrogen) atoms. The van der Waals surface area contributed by atoms with Crippen LogP contribution in [0.3, 0.4) is 0 Å². The van der Waals surface area contributed by atoms with Crippen LogP contribution in [0.1, 0.15) is 5.56 Å². The number of benzene rings is 1. The van der Waals surface area contributed by atoms with Gasteiger partial charge < -0.3 is 19.9 Å². The average molecular weight is 253 g/mol. The highest BCUT2D eigenvalue weighted by Crippen LogP contribution is 2.02. The van der Waals surface area contributed by atoms with Crippen LogP contribution < -0.4 is 5.73 Å². The number of hydrogen-bond acceptors (Lipinski definition) is 6. The van der Waals surface area contributed by atoms with Gasteiger partial charge in [0.2, 0.25) is 0 Å². The smallest absolute Gasteiger partial charge is 0.429 e. The Labute approximate surface area is 105 Å². The van der Waals surface area contributed by atoms with Crippen molar-refractivity contribution in [3.8, 4) is 0 Å². The fraction of sp³-hybridized carbons (Fsp3) is 0.333. The molecule has 0 fully saturated rings. The predicted octanol–water partition coefficient (Wildman–Crippen LogP) is 0.840. The lowest BCUT2D eigenvalue weighted by atomic mass is 10.2. The first-order chi connectivity index (χ1) is 8.63. The van der Waals surface area contributed by atoms with Gasteiger partial charge in [-0.05, 0) is 5.56 Å². The third-order valence-electron chi connectivity index (χ3n) is 2.03. The molecule has 0 aliphatic carbocycles. The molecule has 0 aliphatic heterocycles. The monoisotopic (exact) mass is 253 g/mol. The number of carbonyl (C=O) groups is 2. The Morgan fingerprint density at radius 2 is 1.94 bits per heavy atom. The number of rotatable bonds is 5. The molecule has 0 saturated heterocycles. The van der Waals surface area contributed by atoms with E-state index in [4.69, 9.17) is 10.5 Å². The summed E-state index contributed by atoms with van der Waals surface area (Å²) in [5, 5.41) is 0. The van der Waals surface area contributed by atoms with Crippen LogP contribution in [0.4, 0.5) is 4.79 Å². The van der Waals surface area contributed by atoms with Crippen LogP contribution in [0.25, 0.3) is 0 Å². The van der Waals surface area contributed by atoms with Crippen LogP contribution >= 0.6 is 0 Å². The van der Waals surface area contributed by atoms with E-state index < -0.39 is 18.2 Å². The molecule has 0 bridgehead atoms. The largest absolute Gasteiger partial charge is 0.516 e. The molecule has 0 unspecified atom stereocenters. The van der Waals surface area contributed by atoms with Gasteiger partial charge in [0.25, 0.3) is 0 Å². The van der Waals surface area contributed by atoms with Gasteiger partial charge >= 0.3 is 12.1 Å². The zero-order valence-corrected chi connectivity index (χ0v) is 10.00. The first kappa shape index (κ1) is 14.1. The molecule has 1 aromatic rings. The van der Waals surface area contributed by atoms with Gasteiger partial charge in [-0.2, -0.15) is 0 Å². The van der Waals surface area contributed by atoms with Gasteiger partial charge in [0.05, 0.1) is 6.61 Å². The number of carbonyl (C=O) groups excluding carboxylic acids is 2. The van der Waals surface area contributed by atoms with Crippen molar-refractivity contribution in [2.24, 2.45) is 5.73 Å². The average Bonchev–Trinajstić information content (AvgIpc) is 2.38. The minimum Gasteiger partial charge on any atom is -0.429 e. The van der Waals surface area contributed by atoms with Crippen LogP contribution in [0.2, 0.25) is 0 Å². The van der Waals surface area contributed by atoms with Crippen LogP contribution in [-0.2, 0) is 25.6 Å². The van der Waals surface area contributed by atoms with Gasteiger partial charge in [-0.25, -0.2) is 9.59 Å². The van der Waals surface area contributed by atoms with Crippen molar-refractivity contribution in [2.75, 3.05) is 13.7 Å². The second kappa shape index (κ2) is 7.41. The number of nitrogens with two attached hydrogens (primary N) is 1. The highest BCUT2D eigenvalue weighted by Gasteiger charge is 2.19. The van der Waals surface area contributed by atoms with Crippen molar-refractivity contribution in [3.05, 3.63) is 35.9 Å². The van der Waals surface area contributed by atoms with E-state index in [1.807, 2.05) is 18.2 Å². The molecule has 1 aromatic carbocycles. The van der Waals surface area contributed by atoms with E-state index >= 15 is 0 Å². The quantitative estimate of drug-likeness (QED) is 0.618. The van der Waals surface area contributed by atoms with Crippen molar-refractivity contribution in [3.63, 3.8) is 0 Å². The van der Waals surface area contributed by atoms with E-state index in [-0.39, 0.29) is 13.2 Å². The molecule has 0 radical (unpaired) electrons. The van der Waals surface area contributed by atoms with E-state index in [1.165, 1.54) is 7.11 Å². The van der Waals surface area contributed by atoms with Crippen molar-refractivity contribution in [2.45, 2.75) is 12.6 Å². The zero-order chi connectivity index (χ0) is 13.4. The van der Waals surface area contributed by atoms with Crippen molar-refractivity contribution in [1.29, 1.82) is 0 Å². The zero-order valence-electron chi connectivity index (χ0n) is 10.00. The van der Waals surface area contributed by atoms with Gasteiger partial charge in [0.15, 0.2) is 0 Å². The Morgan fingerprint density at radius 3 is 2.56 bits per heavy atom. The van der Waals surface area contributed by atoms with E-state index in [2.05, 4.69) is 9.47 Å². The predicted molar refractivity (Wildman–Crippen MR) is 62.6 cm³/mol. The summed E-state index contributed by atoms with van der Waals surface area (Å²) in [6.45, 7) is 0.0112. The van der Waals surface area contributed by atoms with Gasteiger partial charge in [-0.1, -0.05) is 30.3 Å². The van der Waals surface area contributed by atoms with Crippen LogP contribution in [0, 0.1) is 0 Å². The first-order valence-corrected chi connectivity index (χ1v) is 5.30. The van der Waals surface area contributed by atoms with Crippen molar-refractivity contribution < 1.29 is 23.8 Å². The Bertz CT molecular complexity index is 393. The summed E-state index contributed by atoms with van der Waals surface area (Å²) in [6.07, 6.45) is -1.07. The molecule has 1 atom stereocenters. The Kier molecular flexibility index (Phi) is 5.83. The molecule has 0 saturated carbocycles. The minimum absolute atomic E-state index is 0.0230. The Balaban J connectivity index is 2.32. The Morgan fingerprint density at radius 1 is 1.28 bits per heavy atom. The summed E-state index contributed by atoms with van der Waals surface area (Å²) in [4.78, 5) is 22.4. The van der Waals surface area contributed by atoms with Crippen molar-refractivity contribution in [1.82, 2.24) is 0 Å². The van der Waals surface area contributed by atoms with Crippen LogP contribution in [0.5, 0.6) is 0 Å². The highest BCUT2D eigenvalue weighted by molar-refractivity contribution is 5.85. The summed E-state index contributed by atoms with van der Waals surface area (Å²) in [5.74, 6) is -0.880. The van der Waals surface area contributed by atoms with Gasteiger partial charge in [-0.3, -0.25) is 0 Å². The normalized spacial score (nSPS) is 11.7. The van der Waals surface area contributed by atoms with E-state index in [0.717, 1.165) is 5.56 Å². The number of ether oxygens (including phenoxy) is 3. The number of esters is 1. The second-order valence-corrected chi connectivity index (χ2v) is 3.51. The standard InChI is InChI=1S/C12H15NO5/c1-16-8-10(13)11(14)18-12(15)17-7-9-5-3-2-4-6-9/h2-6,10H,7-8,13H2,1H3/t10-/m0/s1. The summed E-state index contributed by atoms with van der Waals surface area (Å²) < 4.78 is 13.8. The maximum Gasteiger partial charge on any atom is 0.516 e. The second-order valence-electron chi connectivity index (χ2n) is 3.51. The molecule has 6 heteroatoms. The molecule has 0 aliphatic rings. The molecular formula is C12H15NO5. The molecule has 98 valence electrons. The number of hydrogen-bond donors (Lipinski definition) is 1. The fourth-order valence-electron chi connectivity index (χ4n) is 1.15. The van der Waals surface area contributed by atoms with E-state index in [1.54, 1.807) is 12.1 Å². The lowest BCUT2D eigenvalue weighted by Crippen LogP contribution is -2.37. The van der Waals surface area contributed by atoms with Gasteiger partial charge in [0, 0.05) is 7.11 Å². The first-order valence-electron chi connectivity index (χ1n) is 5.30. The molecule has 0 heterocycles. The highest BCUT2D eigenvalue weighted by atomic mass is 16.7. The minimum atomic E-state index is -1.07. The lowest BCUT2D eigenvalue weighted by molar-refractivity contribution is -0.142. The molecule has 2 N–H and O–H groups in total. The van der Waals surface area contributed by atoms with E-state index in [9.17, 15) is 9.59 Å². The van der Waals surface area contributed by atoms with E-state index in [0.29, 0.717) is 0 Å². The third-order valence-corrected chi connectivity index (χ3v) is 2.03. The molecule has 0 amide bonds. The Hall–Kier alpha value is -1.92. The lowest BCUT2D eigenvalue weighted by Gasteiger charge is -2.09. The molecule has 0 spiro atoms. The molecule has 6 nitrogen and oxygen atoms in total. The molecular weight excluding hydrogens is 238 g/mol. The van der Waals surface area contributed by atoms with Crippen LogP contribution in [0.15, 0.2) is 30.3 Å². The third kappa shape index (κ3) is 4.94. The van der Waals surface area contributed by atoms with Crippen LogP contribution in [-0.4, -0.2) is 31.9 Å². The van der Waals surface area contributed by atoms with Gasteiger partial charge in [0.1, 0.15) is 12.6 Å². The fourth-order valence-corrected chi connectivity index (χ4v) is 1.15. The van der Waals surface area contributed by atoms with Crippen molar-refractivity contribution >= 4 is 12.1 Å². The maximum atomic E-state index is 11.2. The summed E-state index contributed by atoms with van der Waals surface area (Å²) in [7, 11) is 1.39. The summed E-state index contributed by atoms with van der Waals surface area (Å²) in [5.41, 5.74) is 6.17. The molecule has 1 rings (SSSR count).